The van der Waals surface area contributed by atoms with Gasteiger partial charge in [0.05, 0.1) is 17.9 Å². The Morgan fingerprint density at radius 1 is 1.19 bits per heavy atom. The van der Waals surface area contributed by atoms with Gasteiger partial charge in [-0.1, -0.05) is 30.3 Å². The van der Waals surface area contributed by atoms with Gasteiger partial charge in [-0.3, -0.25) is 0 Å². The fourth-order valence-corrected chi connectivity index (χ4v) is 2.62. The molecule has 0 aliphatic carbocycles. The Hall–Kier alpha value is -3.15. The molecule has 1 aromatic heterocycles. The van der Waals surface area contributed by atoms with E-state index in [1.165, 1.54) is 12.1 Å². The van der Waals surface area contributed by atoms with E-state index in [1.807, 2.05) is 43.5 Å². The van der Waals surface area contributed by atoms with Crippen LogP contribution in [0, 0.1) is 5.82 Å². The molecule has 0 saturated heterocycles. The van der Waals surface area contributed by atoms with Crippen LogP contribution in [0.3, 0.4) is 0 Å². The van der Waals surface area contributed by atoms with Crippen molar-refractivity contribution in [3.63, 3.8) is 0 Å². The molecule has 0 spiro atoms. The lowest BCUT2D eigenvalue weighted by atomic mass is 10.1. The molecule has 26 heavy (non-hydrogen) atoms. The molecule has 1 heterocycles. The highest BCUT2D eigenvalue weighted by molar-refractivity contribution is 5.74. The second-order valence-electron chi connectivity index (χ2n) is 6.13. The normalized spacial score (nSPS) is 11.8. The van der Waals surface area contributed by atoms with Gasteiger partial charge in [0, 0.05) is 25.4 Å². The number of hydrogen-bond donors (Lipinski definition) is 1. The summed E-state index contributed by atoms with van der Waals surface area (Å²) in [6.45, 7) is 2.28. The predicted octanol–water partition coefficient (Wildman–Crippen LogP) is 3.91. The molecule has 2 amide bonds. The number of carbonyl (C=O) groups is 1. The molecule has 2 aromatic carbocycles. The first-order valence-corrected chi connectivity index (χ1v) is 8.39. The average molecular weight is 352 g/mol. The zero-order valence-electron chi connectivity index (χ0n) is 14.8. The zero-order valence-corrected chi connectivity index (χ0v) is 14.8. The first-order valence-electron chi connectivity index (χ1n) is 8.39. The van der Waals surface area contributed by atoms with Gasteiger partial charge in [0.1, 0.15) is 5.82 Å². The van der Waals surface area contributed by atoms with Crippen molar-refractivity contribution >= 4 is 6.03 Å². The summed E-state index contributed by atoms with van der Waals surface area (Å²) in [4.78, 5) is 14.0. The minimum atomic E-state index is -0.288. The van der Waals surface area contributed by atoms with Crippen LogP contribution in [0.2, 0.25) is 0 Å². The monoisotopic (exact) mass is 352 g/mol. The molecule has 1 N–H and O–H groups in total. The van der Waals surface area contributed by atoms with Crippen LogP contribution in [-0.4, -0.2) is 27.8 Å². The van der Waals surface area contributed by atoms with Gasteiger partial charge in [0.2, 0.25) is 0 Å². The molecule has 1 unspecified atom stereocenters. The van der Waals surface area contributed by atoms with Gasteiger partial charge >= 0.3 is 6.03 Å². The van der Waals surface area contributed by atoms with Gasteiger partial charge in [-0.05, 0) is 36.8 Å². The van der Waals surface area contributed by atoms with E-state index in [1.54, 1.807) is 35.0 Å². The molecule has 0 aliphatic rings. The quantitative estimate of drug-likeness (QED) is 0.757. The number of nitrogens with one attached hydrogen (secondary N) is 1. The Morgan fingerprint density at radius 3 is 2.58 bits per heavy atom. The van der Waals surface area contributed by atoms with Crippen molar-refractivity contribution in [2.24, 2.45) is 0 Å². The zero-order chi connectivity index (χ0) is 18.5. The number of halogens is 1. The summed E-state index contributed by atoms with van der Waals surface area (Å²) < 4.78 is 14.8. The molecule has 0 radical (unpaired) electrons. The summed E-state index contributed by atoms with van der Waals surface area (Å²) in [6, 6.07) is 15.6. The second kappa shape index (κ2) is 7.82. The molecule has 5 nitrogen and oxygen atoms in total. The second-order valence-corrected chi connectivity index (χ2v) is 6.13. The molecule has 0 bridgehead atoms. The number of rotatable bonds is 5. The third-order valence-corrected chi connectivity index (χ3v) is 4.35. The number of aromatic nitrogens is 2. The number of amides is 2. The van der Waals surface area contributed by atoms with E-state index in [9.17, 15) is 9.18 Å². The first-order chi connectivity index (χ1) is 12.5. The van der Waals surface area contributed by atoms with E-state index in [2.05, 4.69) is 10.4 Å². The Labute approximate surface area is 152 Å². The Balaban J connectivity index is 1.58. The molecule has 134 valence electrons. The highest BCUT2D eigenvalue weighted by Crippen LogP contribution is 2.19. The van der Waals surface area contributed by atoms with E-state index >= 15 is 0 Å². The van der Waals surface area contributed by atoms with Crippen molar-refractivity contribution < 1.29 is 9.18 Å². The number of carbonyl (C=O) groups excluding carboxylic acids is 1. The van der Waals surface area contributed by atoms with Gasteiger partial charge in [0.25, 0.3) is 0 Å². The maximum Gasteiger partial charge on any atom is 0.317 e. The lowest BCUT2D eigenvalue weighted by Crippen LogP contribution is -2.38. The van der Waals surface area contributed by atoms with Crippen LogP contribution in [-0.2, 0) is 6.54 Å². The van der Waals surface area contributed by atoms with Crippen molar-refractivity contribution in [2.45, 2.75) is 19.5 Å². The Bertz CT molecular complexity index is 861. The number of hydrogen-bond acceptors (Lipinski definition) is 2. The van der Waals surface area contributed by atoms with Gasteiger partial charge in [0.15, 0.2) is 0 Å². The van der Waals surface area contributed by atoms with Crippen molar-refractivity contribution in [3.05, 3.63) is 83.9 Å². The van der Waals surface area contributed by atoms with Gasteiger partial charge in [-0.25, -0.2) is 13.9 Å². The average Bonchev–Trinajstić information content (AvgIpc) is 3.15. The molecule has 3 rings (SSSR count). The van der Waals surface area contributed by atoms with Crippen molar-refractivity contribution in [3.8, 4) is 5.69 Å². The highest BCUT2D eigenvalue weighted by Gasteiger charge is 2.17. The summed E-state index contributed by atoms with van der Waals surface area (Å²) in [5.74, 6) is -0.288. The standard InChI is InChI=1S/C20H21FN4O/c1-15(17-8-10-18(21)11-9-17)24(2)20(26)22-12-16-13-23-25(14-16)19-6-4-3-5-7-19/h3-11,13-15H,12H2,1-2H3,(H,22,26). The summed E-state index contributed by atoms with van der Waals surface area (Å²) in [7, 11) is 1.72. The molecular formula is C20H21FN4O. The minimum absolute atomic E-state index is 0.164. The van der Waals surface area contributed by atoms with Crippen molar-refractivity contribution in [1.82, 2.24) is 20.0 Å². The SMILES string of the molecule is CC(c1ccc(F)cc1)N(C)C(=O)NCc1cnn(-c2ccccc2)c1. The van der Waals surface area contributed by atoms with Crippen LogP contribution < -0.4 is 5.32 Å². The van der Waals surface area contributed by atoms with Crippen LogP contribution in [0.15, 0.2) is 67.0 Å². The van der Waals surface area contributed by atoms with Crippen LogP contribution in [0.4, 0.5) is 9.18 Å². The maximum atomic E-state index is 13.0. The smallest absolute Gasteiger partial charge is 0.317 e. The van der Waals surface area contributed by atoms with E-state index in [-0.39, 0.29) is 17.9 Å². The van der Waals surface area contributed by atoms with E-state index in [0.717, 1.165) is 16.8 Å². The number of benzene rings is 2. The summed E-state index contributed by atoms with van der Waals surface area (Å²) >= 11 is 0. The Morgan fingerprint density at radius 2 is 1.88 bits per heavy atom. The fraction of sp³-hybridized carbons (Fsp3) is 0.200. The lowest BCUT2D eigenvalue weighted by molar-refractivity contribution is 0.194. The van der Waals surface area contributed by atoms with Crippen LogP contribution >= 0.6 is 0 Å². The number of nitrogens with zero attached hydrogens (tertiary/aromatic N) is 3. The molecule has 0 saturated carbocycles. The third-order valence-electron chi connectivity index (χ3n) is 4.35. The van der Waals surface area contributed by atoms with Gasteiger partial charge < -0.3 is 10.2 Å². The predicted molar refractivity (Wildman–Crippen MR) is 98.4 cm³/mol. The number of para-hydroxylation sites is 1. The van der Waals surface area contributed by atoms with Crippen molar-refractivity contribution in [1.29, 1.82) is 0 Å². The number of urea groups is 1. The first kappa shape index (κ1) is 17.7. The van der Waals surface area contributed by atoms with E-state index in [0.29, 0.717) is 6.54 Å². The topological polar surface area (TPSA) is 50.2 Å². The van der Waals surface area contributed by atoms with E-state index < -0.39 is 0 Å². The van der Waals surface area contributed by atoms with Crippen molar-refractivity contribution in [2.75, 3.05) is 7.05 Å². The van der Waals surface area contributed by atoms with Crippen LogP contribution in [0.5, 0.6) is 0 Å². The molecule has 3 aromatic rings. The summed E-state index contributed by atoms with van der Waals surface area (Å²) in [5.41, 5.74) is 2.75. The summed E-state index contributed by atoms with van der Waals surface area (Å²) in [5, 5.41) is 7.20. The highest BCUT2D eigenvalue weighted by atomic mass is 19.1. The molecular weight excluding hydrogens is 331 g/mol. The largest absolute Gasteiger partial charge is 0.334 e. The van der Waals surface area contributed by atoms with Gasteiger partial charge in [-0.2, -0.15) is 5.10 Å². The Kier molecular flexibility index (Phi) is 5.31. The van der Waals surface area contributed by atoms with Gasteiger partial charge in [-0.15, -0.1) is 0 Å². The minimum Gasteiger partial charge on any atom is -0.334 e. The fourth-order valence-electron chi connectivity index (χ4n) is 2.62. The summed E-state index contributed by atoms with van der Waals surface area (Å²) in [6.07, 6.45) is 3.62. The molecule has 6 heteroatoms. The van der Waals surface area contributed by atoms with Crippen LogP contribution in [0.25, 0.3) is 5.69 Å². The molecule has 1 atom stereocenters. The third kappa shape index (κ3) is 4.08. The lowest BCUT2D eigenvalue weighted by Gasteiger charge is -2.25. The van der Waals surface area contributed by atoms with E-state index in [4.69, 9.17) is 0 Å². The van der Waals surface area contributed by atoms with Crippen LogP contribution in [0.1, 0.15) is 24.1 Å². The maximum absolute atomic E-state index is 13.0. The molecule has 0 fully saturated rings. The molecule has 0 aliphatic heterocycles.